The molecule has 0 fully saturated rings. The van der Waals surface area contributed by atoms with E-state index >= 15 is 0 Å². The largest absolute Gasteiger partial charge is 0.469 e. The van der Waals surface area contributed by atoms with Crippen LogP contribution in [0.4, 0.5) is 0 Å². The first-order valence-corrected chi connectivity index (χ1v) is 6.23. The summed E-state index contributed by atoms with van der Waals surface area (Å²) in [6.07, 6.45) is 4.63. The van der Waals surface area contributed by atoms with Gasteiger partial charge in [0.05, 0.1) is 25.5 Å². The smallest absolute Gasteiger partial charge is 0.246 e. The van der Waals surface area contributed by atoms with Gasteiger partial charge in [-0.15, -0.1) is 0 Å². The SMILES string of the molecule is COCCOCC(=O)NC1CCCc2occc21. The summed E-state index contributed by atoms with van der Waals surface area (Å²) in [4.78, 5) is 11.7. The Labute approximate surface area is 106 Å². The van der Waals surface area contributed by atoms with Gasteiger partial charge in [-0.3, -0.25) is 4.79 Å². The Kier molecular flexibility index (Phi) is 4.78. The van der Waals surface area contributed by atoms with Crippen LogP contribution >= 0.6 is 0 Å². The summed E-state index contributed by atoms with van der Waals surface area (Å²) in [5.74, 6) is 0.900. The number of rotatable bonds is 6. The van der Waals surface area contributed by atoms with Crippen LogP contribution in [0.25, 0.3) is 0 Å². The van der Waals surface area contributed by atoms with E-state index in [2.05, 4.69) is 5.32 Å². The zero-order valence-electron chi connectivity index (χ0n) is 10.6. The molecule has 1 heterocycles. The van der Waals surface area contributed by atoms with Crippen LogP contribution in [0.5, 0.6) is 0 Å². The lowest BCUT2D eigenvalue weighted by Gasteiger charge is -2.22. The third-order valence-electron chi connectivity index (χ3n) is 3.05. The number of hydrogen-bond donors (Lipinski definition) is 1. The zero-order chi connectivity index (χ0) is 12.8. The van der Waals surface area contributed by atoms with E-state index in [4.69, 9.17) is 13.9 Å². The van der Waals surface area contributed by atoms with Gasteiger partial charge in [0, 0.05) is 19.1 Å². The standard InChI is InChI=1S/C13H19NO4/c1-16-7-8-17-9-13(15)14-11-3-2-4-12-10(11)5-6-18-12/h5-6,11H,2-4,7-9H2,1H3,(H,14,15). The third-order valence-corrected chi connectivity index (χ3v) is 3.05. The highest BCUT2D eigenvalue weighted by molar-refractivity contribution is 5.77. The molecule has 0 aromatic carbocycles. The maximum atomic E-state index is 11.7. The Morgan fingerprint density at radius 1 is 1.56 bits per heavy atom. The van der Waals surface area contributed by atoms with Crippen molar-refractivity contribution in [3.63, 3.8) is 0 Å². The number of aryl methyl sites for hydroxylation is 1. The zero-order valence-corrected chi connectivity index (χ0v) is 10.6. The number of carbonyl (C=O) groups excluding carboxylic acids is 1. The van der Waals surface area contributed by atoms with E-state index < -0.39 is 0 Å². The Balaban J connectivity index is 1.78. The molecule has 2 rings (SSSR count). The van der Waals surface area contributed by atoms with Crippen molar-refractivity contribution in [1.29, 1.82) is 0 Å². The van der Waals surface area contributed by atoms with Crippen molar-refractivity contribution in [2.24, 2.45) is 0 Å². The number of fused-ring (bicyclic) bond motifs is 1. The van der Waals surface area contributed by atoms with E-state index in [1.54, 1.807) is 13.4 Å². The van der Waals surface area contributed by atoms with E-state index in [1.807, 2.05) is 6.07 Å². The maximum absolute atomic E-state index is 11.7. The molecule has 0 saturated heterocycles. The Bertz CT molecular complexity index is 388. The number of carbonyl (C=O) groups is 1. The minimum Gasteiger partial charge on any atom is -0.469 e. The fourth-order valence-electron chi connectivity index (χ4n) is 2.18. The summed E-state index contributed by atoms with van der Waals surface area (Å²) < 4.78 is 15.4. The molecule has 0 saturated carbocycles. The summed E-state index contributed by atoms with van der Waals surface area (Å²) in [5.41, 5.74) is 1.10. The van der Waals surface area contributed by atoms with E-state index in [-0.39, 0.29) is 18.6 Å². The molecule has 5 nitrogen and oxygen atoms in total. The first-order chi connectivity index (χ1) is 8.81. The quantitative estimate of drug-likeness (QED) is 0.779. The van der Waals surface area contributed by atoms with Crippen molar-refractivity contribution in [3.8, 4) is 0 Å². The molecule has 1 aliphatic rings. The summed E-state index contributed by atoms with van der Waals surface area (Å²) in [5, 5.41) is 2.97. The number of hydrogen-bond acceptors (Lipinski definition) is 4. The Hall–Kier alpha value is -1.33. The third kappa shape index (κ3) is 3.34. The minimum atomic E-state index is -0.0925. The highest BCUT2D eigenvalue weighted by Gasteiger charge is 2.23. The molecule has 1 unspecified atom stereocenters. The fourth-order valence-corrected chi connectivity index (χ4v) is 2.18. The molecule has 0 bridgehead atoms. The molecule has 1 atom stereocenters. The lowest BCUT2D eigenvalue weighted by atomic mass is 9.93. The van der Waals surface area contributed by atoms with Crippen molar-refractivity contribution >= 4 is 5.91 Å². The Morgan fingerprint density at radius 2 is 2.44 bits per heavy atom. The van der Waals surface area contributed by atoms with Crippen LogP contribution in [0.2, 0.25) is 0 Å². The minimum absolute atomic E-state index is 0.0611. The van der Waals surface area contributed by atoms with Gasteiger partial charge in [0.25, 0.3) is 0 Å². The second-order valence-corrected chi connectivity index (χ2v) is 4.36. The lowest BCUT2D eigenvalue weighted by molar-refractivity contribution is -0.127. The van der Waals surface area contributed by atoms with Gasteiger partial charge in [-0.1, -0.05) is 0 Å². The van der Waals surface area contributed by atoms with Crippen molar-refractivity contribution in [1.82, 2.24) is 5.32 Å². The van der Waals surface area contributed by atoms with Crippen LogP contribution in [0.15, 0.2) is 16.7 Å². The summed E-state index contributed by atoms with van der Waals surface area (Å²) in [6.45, 7) is 1.02. The van der Waals surface area contributed by atoms with E-state index in [9.17, 15) is 4.79 Å². The summed E-state index contributed by atoms with van der Waals surface area (Å²) in [7, 11) is 1.60. The van der Waals surface area contributed by atoms with Crippen LogP contribution in [-0.4, -0.2) is 32.8 Å². The molecule has 0 radical (unpaired) electrons. The summed E-state index contributed by atoms with van der Waals surface area (Å²) in [6, 6.07) is 2.00. The van der Waals surface area contributed by atoms with Gasteiger partial charge in [-0.2, -0.15) is 0 Å². The predicted octanol–water partition coefficient (Wildman–Crippen LogP) is 1.44. The number of amides is 1. The summed E-state index contributed by atoms with van der Waals surface area (Å²) >= 11 is 0. The van der Waals surface area contributed by atoms with Gasteiger partial charge in [-0.25, -0.2) is 0 Å². The van der Waals surface area contributed by atoms with Gasteiger partial charge in [0.1, 0.15) is 12.4 Å². The predicted molar refractivity (Wildman–Crippen MR) is 65.2 cm³/mol. The normalized spacial score (nSPS) is 18.4. The number of nitrogens with one attached hydrogen (secondary N) is 1. The van der Waals surface area contributed by atoms with Crippen LogP contribution in [0.1, 0.15) is 30.2 Å². The maximum Gasteiger partial charge on any atom is 0.246 e. The van der Waals surface area contributed by atoms with E-state index in [0.29, 0.717) is 13.2 Å². The van der Waals surface area contributed by atoms with Crippen LogP contribution in [0, 0.1) is 0 Å². The second kappa shape index (κ2) is 6.56. The average Bonchev–Trinajstić information content (AvgIpc) is 2.84. The topological polar surface area (TPSA) is 60.7 Å². The first kappa shape index (κ1) is 13.1. The lowest BCUT2D eigenvalue weighted by Crippen LogP contribution is -2.33. The van der Waals surface area contributed by atoms with E-state index in [0.717, 1.165) is 30.6 Å². The van der Waals surface area contributed by atoms with Crippen LogP contribution in [0.3, 0.4) is 0 Å². The average molecular weight is 253 g/mol. The van der Waals surface area contributed by atoms with Crippen molar-refractivity contribution < 1.29 is 18.7 Å². The highest BCUT2D eigenvalue weighted by atomic mass is 16.5. The molecular weight excluding hydrogens is 234 g/mol. The van der Waals surface area contributed by atoms with Gasteiger partial charge in [-0.05, 0) is 18.9 Å². The monoisotopic (exact) mass is 253 g/mol. The molecule has 0 spiro atoms. The number of ether oxygens (including phenoxy) is 2. The molecule has 1 aromatic rings. The number of methoxy groups -OCH3 is 1. The molecule has 1 amide bonds. The van der Waals surface area contributed by atoms with Crippen molar-refractivity contribution in [3.05, 3.63) is 23.7 Å². The van der Waals surface area contributed by atoms with E-state index in [1.165, 1.54) is 0 Å². The Morgan fingerprint density at radius 3 is 3.28 bits per heavy atom. The highest BCUT2D eigenvalue weighted by Crippen LogP contribution is 2.30. The van der Waals surface area contributed by atoms with Crippen molar-refractivity contribution in [2.75, 3.05) is 26.9 Å². The molecule has 0 aliphatic heterocycles. The molecule has 1 N–H and O–H groups in total. The van der Waals surface area contributed by atoms with Gasteiger partial charge < -0.3 is 19.2 Å². The molecule has 100 valence electrons. The fraction of sp³-hybridized carbons (Fsp3) is 0.615. The van der Waals surface area contributed by atoms with Gasteiger partial charge in [0.2, 0.25) is 5.91 Å². The molecule has 5 heteroatoms. The molecule has 1 aromatic heterocycles. The van der Waals surface area contributed by atoms with Crippen molar-refractivity contribution in [2.45, 2.75) is 25.3 Å². The first-order valence-electron chi connectivity index (χ1n) is 6.23. The van der Waals surface area contributed by atoms with Gasteiger partial charge in [0.15, 0.2) is 0 Å². The van der Waals surface area contributed by atoms with Crippen LogP contribution in [-0.2, 0) is 20.7 Å². The van der Waals surface area contributed by atoms with Gasteiger partial charge >= 0.3 is 0 Å². The number of furan rings is 1. The molecular formula is C13H19NO4. The molecule has 1 aliphatic carbocycles. The second-order valence-electron chi connectivity index (χ2n) is 4.36. The van der Waals surface area contributed by atoms with Crippen LogP contribution < -0.4 is 5.32 Å². The molecule has 18 heavy (non-hydrogen) atoms.